The van der Waals surface area contributed by atoms with Gasteiger partial charge in [0, 0.05) is 19.0 Å². The number of hydrogen-bond acceptors (Lipinski definition) is 5. The number of anilines is 1. The molecule has 0 saturated carbocycles. The molecule has 1 aromatic heterocycles. The first-order chi connectivity index (χ1) is 9.72. The smallest absolute Gasteiger partial charge is 0.227 e. The van der Waals surface area contributed by atoms with Crippen LogP contribution in [0.3, 0.4) is 0 Å². The van der Waals surface area contributed by atoms with E-state index in [2.05, 4.69) is 15.6 Å². The first-order valence-electron chi connectivity index (χ1n) is 6.69. The highest BCUT2D eigenvalue weighted by molar-refractivity contribution is 7.22. The highest BCUT2D eigenvalue weighted by Gasteiger charge is 2.17. The predicted octanol–water partition coefficient (Wildman–Crippen LogP) is 2.34. The minimum absolute atomic E-state index is 0. The molecule has 1 aromatic carbocycles. The molecule has 0 radical (unpaired) electrons. The van der Waals surface area contributed by atoms with Crippen molar-refractivity contribution in [3.63, 3.8) is 0 Å². The molecule has 0 bridgehead atoms. The number of rotatable bonds is 3. The summed E-state index contributed by atoms with van der Waals surface area (Å²) >= 11 is 1.51. The van der Waals surface area contributed by atoms with Crippen LogP contribution in [0.5, 0.6) is 0 Å². The number of amides is 1. The van der Waals surface area contributed by atoms with Gasteiger partial charge in [-0.1, -0.05) is 23.5 Å². The first-order valence-corrected chi connectivity index (χ1v) is 7.51. The van der Waals surface area contributed by atoms with Gasteiger partial charge in [-0.3, -0.25) is 4.79 Å². The maximum Gasteiger partial charge on any atom is 0.227 e. The zero-order valence-electron chi connectivity index (χ0n) is 11.7. The fraction of sp³-hybridized carbons (Fsp3) is 0.429. The number of nitrogens with zero attached hydrogens (tertiary/aromatic N) is 1. The Hall–Kier alpha value is -1.21. The van der Waals surface area contributed by atoms with Gasteiger partial charge in [0.25, 0.3) is 0 Å². The molecule has 1 atom stereocenters. The molecule has 2 heterocycles. The number of hydrogen-bond donors (Lipinski definition) is 2. The quantitative estimate of drug-likeness (QED) is 0.908. The third kappa shape index (κ3) is 3.91. The van der Waals surface area contributed by atoms with E-state index in [1.165, 1.54) is 11.3 Å². The lowest BCUT2D eigenvalue weighted by Crippen LogP contribution is -2.43. The summed E-state index contributed by atoms with van der Waals surface area (Å²) in [5.41, 5.74) is 2.09. The van der Waals surface area contributed by atoms with Crippen molar-refractivity contribution in [1.82, 2.24) is 10.3 Å². The molecule has 1 aliphatic heterocycles. The van der Waals surface area contributed by atoms with Crippen molar-refractivity contribution in [2.24, 2.45) is 0 Å². The number of morpholine rings is 1. The van der Waals surface area contributed by atoms with E-state index in [4.69, 9.17) is 4.74 Å². The van der Waals surface area contributed by atoms with Crippen LogP contribution in [0, 0.1) is 6.92 Å². The summed E-state index contributed by atoms with van der Waals surface area (Å²) in [6.07, 6.45) is 0.412. The van der Waals surface area contributed by atoms with E-state index in [-0.39, 0.29) is 24.4 Å². The van der Waals surface area contributed by atoms with Gasteiger partial charge in [0.1, 0.15) is 0 Å². The van der Waals surface area contributed by atoms with Crippen molar-refractivity contribution in [2.45, 2.75) is 19.4 Å². The Morgan fingerprint density at radius 3 is 3.14 bits per heavy atom. The van der Waals surface area contributed by atoms with E-state index in [9.17, 15) is 4.79 Å². The molecule has 1 amide bonds. The van der Waals surface area contributed by atoms with Gasteiger partial charge >= 0.3 is 0 Å². The molecule has 7 heteroatoms. The highest BCUT2D eigenvalue weighted by Crippen LogP contribution is 2.27. The number of aromatic nitrogens is 1. The van der Waals surface area contributed by atoms with Gasteiger partial charge in [-0.25, -0.2) is 4.98 Å². The number of halogens is 1. The molecular weight excluding hydrogens is 310 g/mol. The van der Waals surface area contributed by atoms with Crippen LogP contribution in [0.1, 0.15) is 12.0 Å². The van der Waals surface area contributed by atoms with Crippen molar-refractivity contribution >= 4 is 45.0 Å². The first kappa shape index (κ1) is 16.2. The SMILES string of the molecule is Cc1cccc2sc(NC(=O)CC3COCCN3)nc12.Cl. The van der Waals surface area contributed by atoms with E-state index in [1.807, 2.05) is 25.1 Å². The van der Waals surface area contributed by atoms with Crippen molar-refractivity contribution < 1.29 is 9.53 Å². The van der Waals surface area contributed by atoms with Crippen LogP contribution in [0.15, 0.2) is 18.2 Å². The average Bonchev–Trinajstić information content (AvgIpc) is 2.83. The largest absolute Gasteiger partial charge is 0.378 e. The van der Waals surface area contributed by atoms with Gasteiger partial charge < -0.3 is 15.4 Å². The molecule has 1 fully saturated rings. The van der Waals surface area contributed by atoms with Crippen LogP contribution in [-0.2, 0) is 9.53 Å². The second kappa shape index (κ2) is 7.17. The van der Waals surface area contributed by atoms with Crippen molar-refractivity contribution in [2.75, 3.05) is 25.1 Å². The van der Waals surface area contributed by atoms with Gasteiger partial charge in [0.2, 0.25) is 5.91 Å². The third-order valence-electron chi connectivity index (χ3n) is 3.30. The second-order valence-electron chi connectivity index (χ2n) is 4.92. The molecule has 1 saturated heterocycles. The molecule has 2 aromatic rings. The maximum atomic E-state index is 12.0. The lowest BCUT2D eigenvalue weighted by Gasteiger charge is -2.22. The van der Waals surface area contributed by atoms with Crippen molar-refractivity contribution in [3.05, 3.63) is 23.8 Å². The Balaban J connectivity index is 0.00000161. The molecule has 21 heavy (non-hydrogen) atoms. The Morgan fingerprint density at radius 2 is 2.43 bits per heavy atom. The van der Waals surface area contributed by atoms with Crippen molar-refractivity contribution in [1.29, 1.82) is 0 Å². The summed E-state index contributed by atoms with van der Waals surface area (Å²) in [6.45, 7) is 4.14. The van der Waals surface area contributed by atoms with Gasteiger partial charge in [0.05, 0.1) is 23.4 Å². The number of carbonyl (C=O) groups excluding carboxylic acids is 1. The topological polar surface area (TPSA) is 63.2 Å². The van der Waals surface area contributed by atoms with Crippen LogP contribution < -0.4 is 10.6 Å². The van der Waals surface area contributed by atoms with Gasteiger partial charge in [-0.2, -0.15) is 0 Å². The summed E-state index contributed by atoms with van der Waals surface area (Å²) in [6, 6.07) is 6.15. The van der Waals surface area contributed by atoms with E-state index in [1.54, 1.807) is 0 Å². The van der Waals surface area contributed by atoms with Crippen LogP contribution in [0.25, 0.3) is 10.2 Å². The minimum Gasteiger partial charge on any atom is -0.378 e. The molecular formula is C14H18ClN3O2S. The highest BCUT2D eigenvalue weighted by atomic mass is 35.5. The number of carbonyl (C=O) groups is 1. The monoisotopic (exact) mass is 327 g/mol. The second-order valence-corrected chi connectivity index (χ2v) is 5.95. The van der Waals surface area contributed by atoms with E-state index in [0.29, 0.717) is 18.2 Å². The Kier molecular flexibility index (Phi) is 5.52. The fourth-order valence-electron chi connectivity index (χ4n) is 2.28. The van der Waals surface area contributed by atoms with Gasteiger partial charge in [-0.15, -0.1) is 12.4 Å². The summed E-state index contributed by atoms with van der Waals surface area (Å²) in [5, 5.41) is 6.81. The number of aryl methyl sites for hydroxylation is 1. The lowest BCUT2D eigenvalue weighted by atomic mass is 10.2. The third-order valence-corrected chi connectivity index (χ3v) is 4.23. The molecule has 0 aliphatic carbocycles. The molecule has 1 unspecified atom stereocenters. The lowest BCUT2D eigenvalue weighted by molar-refractivity contribution is -0.117. The molecule has 5 nitrogen and oxygen atoms in total. The normalized spacial score (nSPS) is 18.2. The van der Waals surface area contributed by atoms with Crippen LogP contribution >= 0.6 is 23.7 Å². The zero-order chi connectivity index (χ0) is 13.9. The number of fused-ring (bicyclic) bond motifs is 1. The van der Waals surface area contributed by atoms with Crippen molar-refractivity contribution in [3.8, 4) is 0 Å². The maximum absolute atomic E-state index is 12.0. The number of ether oxygens (including phenoxy) is 1. The predicted molar refractivity (Wildman–Crippen MR) is 87.5 cm³/mol. The van der Waals surface area contributed by atoms with Crippen LogP contribution in [-0.4, -0.2) is 36.7 Å². The summed E-state index contributed by atoms with van der Waals surface area (Å²) in [7, 11) is 0. The number of para-hydroxylation sites is 1. The number of nitrogens with one attached hydrogen (secondary N) is 2. The summed E-state index contributed by atoms with van der Waals surface area (Å²) in [5.74, 6) is -0.0234. The number of thiazole rings is 1. The van der Waals surface area contributed by atoms with E-state index < -0.39 is 0 Å². The van der Waals surface area contributed by atoms with Crippen LogP contribution in [0.4, 0.5) is 5.13 Å². The Labute approximate surface area is 133 Å². The van der Waals surface area contributed by atoms with Crippen LogP contribution in [0.2, 0.25) is 0 Å². The molecule has 2 N–H and O–H groups in total. The summed E-state index contributed by atoms with van der Waals surface area (Å²) < 4.78 is 6.44. The molecule has 1 aliphatic rings. The standard InChI is InChI=1S/C14H17N3O2S.ClH/c1-9-3-2-4-11-13(9)17-14(20-11)16-12(18)7-10-8-19-6-5-15-10;/h2-4,10,15H,5-8H2,1H3,(H,16,17,18);1H. The summed E-state index contributed by atoms with van der Waals surface area (Å²) in [4.78, 5) is 16.5. The van der Waals surface area contributed by atoms with Gasteiger partial charge in [-0.05, 0) is 18.6 Å². The average molecular weight is 328 g/mol. The van der Waals surface area contributed by atoms with Gasteiger partial charge in [0.15, 0.2) is 5.13 Å². The Bertz CT molecular complexity index is 626. The Morgan fingerprint density at radius 1 is 1.57 bits per heavy atom. The molecule has 3 rings (SSSR count). The van der Waals surface area contributed by atoms with E-state index >= 15 is 0 Å². The fourth-order valence-corrected chi connectivity index (χ4v) is 3.24. The minimum atomic E-state index is -0.0234. The zero-order valence-corrected chi connectivity index (χ0v) is 13.4. The van der Waals surface area contributed by atoms with E-state index in [0.717, 1.165) is 28.9 Å². The number of benzene rings is 1. The molecule has 0 spiro atoms. The molecule has 114 valence electrons.